The Labute approximate surface area is 198 Å². The average Bonchev–Trinajstić information content (AvgIpc) is 3.38. The molecule has 3 heterocycles. The molecule has 1 aromatic heterocycles. The van der Waals surface area contributed by atoms with Crippen LogP contribution < -0.4 is 10.2 Å². The van der Waals surface area contributed by atoms with Gasteiger partial charge in [-0.05, 0) is 54.2 Å². The number of hydrogen-bond acceptors (Lipinski definition) is 7. The number of para-hydroxylation sites is 1. The molecule has 4 aromatic rings. The van der Waals surface area contributed by atoms with Crippen molar-refractivity contribution >= 4 is 65.8 Å². The number of hydrogen-bond donors (Lipinski definition) is 1. The number of sulfonamides is 1. The first-order valence-electron chi connectivity index (χ1n) is 10.1. The molecule has 0 unspecified atom stereocenters. The van der Waals surface area contributed by atoms with Gasteiger partial charge in [-0.1, -0.05) is 24.3 Å². The number of fused-ring (bicyclic) bond motifs is 4. The van der Waals surface area contributed by atoms with E-state index >= 15 is 0 Å². The largest absolute Gasteiger partial charge is 0.322 e. The number of carbonyl (C=O) groups excluding carboxylic acids is 1. The summed E-state index contributed by atoms with van der Waals surface area (Å²) in [5.74, 6) is -0.247. The molecule has 0 bridgehead atoms. The molecule has 1 amide bonds. The minimum atomic E-state index is -3.42. The molecule has 0 radical (unpaired) electrons. The molecule has 0 saturated heterocycles. The van der Waals surface area contributed by atoms with Gasteiger partial charge in [0.25, 0.3) is 15.9 Å². The number of thioether (sulfide) groups is 1. The zero-order chi connectivity index (χ0) is 22.6. The number of thiazole rings is 1. The van der Waals surface area contributed by atoms with E-state index in [0.717, 1.165) is 31.4 Å². The van der Waals surface area contributed by atoms with E-state index in [1.165, 1.54) is 11.8 Å². The molecule has 164 valence electrons. The highest BCUT2D eigenvalue weighted by Gasteiger charge is 2.33. The van der Waals surface area contributed by atoms with Gasteiger partial charge >= 0.3 is 0 Å². The van der Waals surface area contributed by atoms with E-state index in [2.05, 4.69) is 9.71 Å². The van der Waals surface area contributed by atoms with Crippen molar-refractivity contribution in [2.45, 2.75) is 4.90 Å². The van der Waals surface area contributed by atoms with E-state index in [1.54, 1.807) is 23.5 Å². The first kappa shape index (κ1) is 20.4. The van der Waals surface area contributed by atoms with Crippen molar-refractivity contribution in [2.24, 2.45) is 4.40 Å². The molecule has 0 atom stereocenters. The fraction of sp³-hybridized carbons (Fsp3) is 0.0870. The molecule has 10 heteroatoms. The van der Waals surface area contributed by atoms with Crippen LogP contribution in [-0.2, 0) is 10.0 Å². The van der Waals surface area contributed by atoms with Crippen molar-refractivity contribution in [1.29, 1.82) is 0 Å². The van der Waals surface area contributed by atoms with Crippen molar-refractivity contribution in [2.75, 3.05) is 22.5 Å². The molecule has 0 fully saturated rings. The van der Waals surface area contributed by atoms with Gasteiger partial charge in [-0.3, -0.25) is 4.79 Å². The number of aromatic nitrogens is 1. The van der Waals surface area contributed by atoms with Gasteiger partial charge in [0.2, 0.25) is 0 Å². The number of nitrogens with zero attached hydrogens (tertiary/aromatic N) is 3. The van der Waals surface area contributed by atoms with Crippen molar-refractivity contribution < 1.29 is 13.2 Å². The highest BCUT2D eigenvalue weighted by Crippen LogP contribution is 2.42. The van der Waals surface area contributed by atoms with Crippen LogP contribution in [0.15, 0.2) is 76.0 Å². The molecule has 7 nitrogen and oxygen atoms in total. The Balaban J connectivity index is 1.25. The molecule has 0 spiro atoms. The highest BCUT2D eigenvalue weighted by atomic mass is 32.2. The molecule has 1 N–H and O–H groups in total. The Morgan fingerprint density at radius 3 is 2.79 bits per heavy atom. The Morgan fingerprint density at radius 2 is 1.91 bits per heavy atom. The van der Waals surface area contributed by atoms with Crippen molar-refractivity contribution in [1.82, 2.24) is 4.98 Å². The monoisotopic (exact) mass is 492 g/mol. The zero-order valence-corrected chi connectivity index (χ0v) is 19.5. The second-order valence-corrected chi connectivity index (χ2v) is 11.4. The standard InChI is InChI=1S/C23H16N4O3S3/c28-21(14-8-9-18-20(13-14)32-23-26-33(29,30)11-10-27(18)23)24-16-5-3-4-15(12-16)22-25-17-6-1-2-7-19(17)31-22/h1-9,12-13H,10-11H2,(H,24,28). The lowest BCUT2D eigenvalue weighted by atomic mass is 10.1. The predicted molar refractivity (Wildman–Crippen MR) is 134 cm³/mol. The molecule has 6 rings (SSSR count). The van der Waals surface area contributed by atoms with Gasteiger partial charge in [0.15, 0.2) is 5.17 Å². The number of rotatable bonds is 3. The maximum Gasteiger partial charge on any atom is 0.257 e. The summed E-state index contributed by atoms with van der Waals surface area (Å²) in [6.07, 6.45) is 0. The first-order valence-corrected chi connectivity index (χ1v) is 13.4. The topological polar surface area (TPSA) is 91.7 Å². The summed E-state index contributed by atoms with van der Waals surface area (Å²) in [6, 6.07) is 21.0. The van der Waals surface area contributed by atoms with E-state index in [1.807, 2.05) is 59.5 Å². The lowest BCUT2D eigenvalue weighted by molar-refractivity contribution is 0.102. The molecular formula is C23H16N4O3S3. The van der Waals surface area contributed by atoms with Gasteiger partial charge in [0, 0.05) is 28.3 Å². The number of amides is 1. The lowest BCUT2D eigenvalue weighted by Crippen LogP contribution is -2.35. The van der Waals surface area contributed by atoms with Gasteiger partial charge in [0.1, 0.15) is 5.01 Å². The van der Waals surface area contributed by atoms with E-state index in [0.29, 0.717) is 23.0 Å². The summed E-state index contributed by atoms with van der Waals surface area (Å²) in [4.78, 5) is 20.3. The minimum Gasteiger partial charge on any atom is -0.322 e. The van der Waals surface area contributed by atoms with E-state index in [9.17, 15) is 13.2 Å². The third kappa shape index (κ3) is 3.79. The predicted octanol–water partition coefficient (Wildman–Crippen LogP) is 4.83. The van der Waals surface area contributed by atoms with Gasteiger partial charge in [-0.25, -0.2) is 13.4 Å². The second-order valence-electron chi connectivity index (χ2n) is 7.62. The lowest BCUT2D eigenvalue weighted by Gasteiger charge is -2.22. The smallest absolute Gasteiger partial charge is 0.257 e. The Kier molecular flexibility index (Phi) is 4.75. The van der Waals surface area contributed by atoms with Crippen LogP contribution in [0.4, 0.5) is 11.4 Å². The van der Waals surface area contributed by atoms with Crippen LogP contribution >= 0.6 is 23.1 Å². The summed E-state index contributed by atoms with van der Waals surface area (Å²) in [6.45, 7) is 0.366. The Bertz CT molecular complexity index is 1540. The molecule has 0 saturated carbocycles. The minimum absolute atomic E-state index is 0.0102. The van der Waals surface area contributed by atoms with Gasteiger partial charge in [-0.15, -0.1) is 15.7 Å². The highest BCUT2D eigenvalue weighted by molar-refractivity contribution is 8.15. The van der Waals surface area contributed by atoms with E-state index in [-0.39, 0.29) is 11.7 Å². The third-order valence-corrected chi connectivity index (χ3v) is 8.79. The number of nitrogens with one attached hydrogen (secondary N) is 1. The molecule has 3 aromatic carbocycles. The maximum atomic E-state index is 12.9. The zero-order valence-electron chi connectivity index (χ0n) is 17.1. The summed E-state index contributed by atoms with van der Waals surface area (Å²) in [5.41, 5.74) is 3.95. The normalized spacial score (nSPS) is 16.2. The SMILES string of the molecule is O=C(Nc1cccc(-c2nc3ccccc3s2)c1)c1ccc2c(c1)SC1=NS(=O)(=O)CCN12. The van der Waals surface area contributed by atoms with Crippen LogP contribution in [-0.4, -0.2) is 36.8 Å². The Hall–Kier alpha value is -3.21. The molecular weight excluding hydrogens is 476 g/mol. The van der Waals surface area contributed by atoms with Gasteiger partial charge < -0.3 is 10.2 Å². The van der Waals surface area contributed by atoms with Crippen molar-refractivity contribution in [3.8, 4) is 10.6 Å². The maximum absolute atomic E-state index is 12.9. The third-order valence-electron chi connectivity index (χ3n) is 5.40. The quantitative estimate of drug-likeness (QED) is 0.441. The summed E-state index contributed by atoms with van der Waals surface area (Å²) < 4.78 is 28.6. The molecule has 33 heavy (non-hydrogen) atoms. The summed E-state index contributed by atoms with van der Waals surface area (Å²) in [7, 11) is -3.42. The van der Waals surface area contributed by atoms with Gasteiger partial charge in [0.05, 0.1) is 21.7 Å². The second kappa shape index (κ2) is 7.68. The summed E-state index contributed by atoms with van der Waals surface area (Å²) in [5, 5.41) is 4.30. The van der Waals surface area contributed by atoms with Crippen molar-refractivity contribution in [3.63, 3.8) is 0 Å². The fourth-order valence-corrected chi connectivity index (χ4v) is 7.06. The van der Waals surface area contributed by atoms with E-state index in [4.69, 9.17) is 4.98 Å². The van der Waals surface area contributed by atoms with Crippen LogP contribution in [0.5, 0.6) is 0 Å². The summed E-state index contributed by atoms with van der Waals surface area (Å²) >= 11 is 2.88. The van der Waals surface area contributed by atoms with Gasteiger partial charge in [-0.2, -0.15) is 0 Å². The first-order chi connectivity index (χ1) is 15.9. The molecule has 0 aliphatic carbocycles. The average molecular weight is 493 g/mol. The van der Waals surface area contributed by atoms with Crippen LogP contribution in [0.3, 0.4) is 0 Å². The number of amidine groups is 1. The molecule has 2 aliphatic heterocycles. The number of benzene rings is 3. The number of carbonyl (C=O) groups is 1. The fourth-order valence-electron chi connectivity index (χ4n) is 3.80. The van der Waals surface area contributed by atoms with Crippen LogP contribution in [0.25, 0.3) is 20.8 Å². The Morgan fingerprint density at radius 1 is 1.03 bits per heavy atom. The van der Waals surface area contributed by atoms with Crippen LogP contribution in [0.2, 0.25) is 0 Å². The van der Waals surface area contributed by atoms with E-state index < -0.39 is 10.0 Å². The van der Waals surface area contributed by atoms with Crippen LogP contribution in [0.1, 0.15) is 10.4 Å². The molecule has 2 aliphatic rings. The van der Waals surface area contributed by atoms with Crippen LogP contribution in [0, 0.1) is 0 Å². The number of anilines is 2. The van der Waals surface area contributed by atoms with Crippen molar-refractivity contribution in [3.05, 3.63) is 72.3 Å².